The molecular weight excluding hydrogens is 536 g/mol. The highest BCUT2D eigenvalue weighted by atomic mass is 32.2. The van der Waals surface area contributed by atoms with Crippen molar-refractivity contribution in [3.63, 3.8) is 0 Å². The van der Waals surface area contributed by atoms with Gasteiger partial charge in [-0.05, 0) is 35.2 Å². The first kappa shape index (κ1) is 28.3. The van der Waals surface area contributed by atoms with Crippen molar-refractivity contribution in [3.8, 4) is 0 Å². The van der Waals surface area contributed by atoms with Crippen LogP contribution in [-0.2, 0) is 30.8 Å². The van der Waals surface area contributed by atoms with Gasteiger partial charge in [0.15, 0.2) is 0 Å². The number of sulfonamides is 1. The second-order valence-corrected chi connectivity index (χ2v) is 11.8. The zero-order valence-electron chi connectivity index (χ0n) is 22.7. The van der Waals surface area contributed by atoms with E-state index in [9.17, 15) is 18.0 Å². The Balaban J connectivity index is 1.67. The molecule has 0 bridgehead atoms. The second-order valence-electron chi connectivity index (χ2n) is 9.96. The predicted molar refractivity (Wildman–Crippen MR) is 156 cm³/mol. The summed E-state index contributed by atoms with van der Waals surface area (Å²) in [6.07, 6.45) is 0.573. The Bertz CT molecular complexity index is 1570. The first-order valence-electron chi connectivity index (χ1n) is 13.5. The normalized spacial score (nSPS) is 20.8. The molecule has 5 rings (SSSR count). The number of esters is 1. The number of nitrogens with one attached hydrogen (secondary N) is 1. The summed E-state index contributed by atoms with van der Waals surface area (Å²) in [6, 6.07) is 33.7. The standard InChI is InChI=1S/C33H32N2O5S/c1-40-33(37)29-28(25-16-8-3-9-17-25)31(32(36)34-23-22-24-14-6-2-7-15-24)35(30(29)26-18-10-4-11-19-26)41(38,39)27-20-12-5-13-21-27/h2-21,28-31H,22-23H2,1H3,(H,34,36). The Morgan fingerprint density at radius 3 is 1.83 bits per heavy atom. The molecule has 1 N–H and O–H groups in total. The van der Waals surface area contributed by atoms with E-state index < -0.39 is 45.8 Å². The monoisotopic (exact) mass is 568 g/mol. The summed E-state index contributed by atoms with van der Waals surface area (Å²) >= 11 is 0. The molecule has 0 aliphatic carbocycles. The van der Waals surface area contributed by atoms with Crippen molar-refractivity contribution in [2.45, 2.75) is 29.3 Å². The van der Waals surface area contributed by atoms with Gasteiger partial charge in [-0.1, -0.05) is 109 Å². The van der Waals surface area contributed by atoms with Gasteiger partial charge >= 0.3 is 5.97 Å². The van der Waals surface area contributed by atoms with E-state index in [-0.39, 0.29) is 4.90 Å². The molecule has 4 atom stereocenters. The minimum Gasteiger partial charge on any atom is -0.469 e. The molecular formula is C33H32N2O5S. The molecule has 1 amide bonds. The van der Waals surface area contributed by atoms with Gasteiger partial charge in [0.05, 0.1) is 24.0 Å². The Kier molecular flexibility index (Phi) is 8.61. The lowest BCUT2D eigenvalue weighted by atomic mass is 9.80. The molecule has 210 valence electrons. The molecule has 7 nitrogen and oxygen atoms in total. The topological polar surface area (TPSA) is 92.8 Å². The fourth-order valence-corrected chi connectivity index (χ4v) is 7.56. The highest BCUT2D eigenvalue weighted by Gasteiger charge is 2.60. The molecule has 4 aromatic carbocycles. The maximum absolute atomic E-state index is 14.5. The second kappa shape index (κ2) is 12.5. The number of nitrogens with zero attached hydrogens (tertiary/aromatic N) is 1. The van der Waals surface area contributed by atoms with E-state index in [1.807, 2.05) is 66.7 Å². The van der Waals surface area contributed by atoms with Crippen LogP contribution < -0.4 is 5.32 Å². The smallest absolute Gasteiger partial charge is 0.311 e. The predicted octanol–water partition coefficient (Wildman–Crippen LogP) is 4.73. The highest BCUT2D eigenvalue weighted by Crippen LogP contribution is 2.52. The minimum atomic E-state index is -4.26. The van der Waals surface area contributed by atoms with E-state index in [2.05, 4.69) is 5.32 Å². The number of ether oxygens (including phenoxy) is 1. The fraction of sp³-hybridized carbons (Fsp3) is 0.212. The molecule has 0 radical (unpaired) electrons. The van der Waals surface area contributed by atoms with Crippen molar-refractivity contribution in [2.75, 3.05) is 13.7 Å². The Morgan fingerprint density at radius 1 is 0.756 bits per heavy atom. The lowest BCUT2D eigenvalue weighted by Gasteiger charge is -2.30. The summed E-state index contributed by atoms with van der Waals surface area (Å²) in [7, 11) is -2.97. The molecule has 8 heteroatoms. The quantitative estimate of drug-likeness (QED) is 0.295. The van der Waals surface area contributed by atoms with E-state index in [1.54, 1.807) is 42.5 Å². The molecule has 0 aromatic heterocycles. The summed E-state index contributed by atoms with van der Waals surface area (Å²) in [4.78, 5) is 27.8. The summed E-state index contributed by atoms with van der Waals surface area (Å²) in [6.45, 7) is 0.305. The number of amides is 1. The van der Waals surface area contributed by atoms with Gasteiger partial charge in [0.25, 0.3) is 0 Å². The number of methoxy groups -OCH3 is 1. The largest absolute Gasteiger partial charge is 0.469 e. The average Bonchev–Trinajstić information content (AvgIpc) is 3.40. The lowest BCUT2D eigenvalue weighted by Crippen LogP contribution is -2.49. The Morgan fingerprint density at radius 2 is 1.27 bits per heavy atom. The zero-order valence-corrected chi connectivity index (χ0v) is 23.5. The van der Waals surface area contributed by atoms with Crippen LogP contribution in [0, 0.1) is 5.92 Å². The van der Waals surface area contributed by atoms with E-state index >= 15 is 0 Å². The number of hydrogen-bond acceptors (Lipinski definition) is 5. The highest BCUT2D eigenvalue weighted by molar-refractivity contribution is 7.89. The number of carbonyl (C=O) groups excluding carboxylic acids is 2. The van der Waals surface area contributed by atoms with Crippen LogP contribution in [0.25, 0.3) is 0 Å². The molecule has 41 heavy (non-hydrogen) atoms. The van der Waals surface area contributed by atoms with Crippen LogP contribution >= 0.6 is 0 Å². The molecule has 1 heterocycles. The molecule has 1 aliphatic rings. The van der Waals surface area contributed by atoms with Gasteiger partial charge in [-0.15, -0.1) is 0 Å². The molecule has 1 fully saturated rings. The van der Waals surface area contributed by atoms with Gasteiger partial charge in [0.2, 0.25) is 15.9 Å². The van der Waals surface area contributed by atoms with Crippen LogP contribution in [0.5, 0.6) is 0 Å². The van der Waals surface area contributed by atoms with Crippen molar-refractivity contribution in [3.05, 3.63) is 138 Å². The number of hydrogen-bond donors (Lipinski definition) is 1. The van der Waals surface area contributed by atoms with Crippen molar-refractivity contribution in [2.24, 2.45) is 5.92 Å². The van der Waals surface area contributed by atoms with E-state index in [1.165, 1.54) is 23.5 Å². The maximum atomic E-state index is 14.5. The molecule has 1 aliphatic heterocycles. The van der Waals surface area contributed by atoms with Gasteiger partial charge in [-0.3, -0.25) is 9.59 Å². The summed E-state index contributed by atoms with van der Waals surface area (Å²) in [5.41, 5.74) is 2.32. The van der Waals surface area contributed by atoms with Gasteiger partial charge in [-0.25, -0.2) is 8.42 Å². The van der Waals surface area contributed by atoms with Crippen LogP contribution in [-0.4, -0.2) is 44.3 Å². The maximum Gasteiger partial charge on any atom is 0.311 e. The Hall–Kier alpha value is -4.27. The molecule has 4 unspecified atom stereocenters. The van der Waals surface area contributed by atoms with Crippen molar-refractivity contribution < 1.29 is 22.7 Å². The van der Waals surface area contributed by atoms with Crippen molar-refractivity contribution in [1.82, 2.24) is 9.62 Å². The van der Waals surface area contributed by atoms with Gasteiger partial charge in [-0.2, -0.15) is 4.31 Å². The molecule has 0 spiro atoms. The first-order chi connectivity index (χ1) is 19.9. The van der Waals surface area contributed by atoms with Gasteiger partial charge in [0.1, 0.15) is 6.04 Å². The third-order valence-corrected chi connectivity index (χ3v) is 9.43. The third-order valence-electron chi connectivity index (χ3n) is 7.56. The van der Waals surface area contributed by atoms with Gasteiger partial charge in [0, 0.05) is 12.5 Å². The summed E-state index contributed by atoms with van der Waals surface area (Å²) in [5, 5.41) is 2.98. The van der Waals surface area contributed by atoms with Gasteiger partial charge < -0.3 is 10.1 Å². The van der Waals surface area contributed by atoms with Crippen LogP contribution in [0.3, 0.4) is 0 Å². The average molecular weight is 569 g/mol. The van der Waals surface area contributed by atoms with Crippen LogP contribution in [0.15, 0.2) is 126 Å². The van der Waals surface area contributed by atoms with E-state index in [4.69, 9.17) is 4.74 Å². The van der Waals surface area contributed by atoms with Crippen molar-refractivity contribution in [1.29, 1.82) is 0 Å². The third kappa shape index (κ3) is 5.80. The molecule has 0 saturated carbocycles. The van der Waals surface area contributed by atoms with E-state index in [0.29, 0.717) is 24.1 Å². The number of carbonyl (C=O) groups is 2. The minimum absolute atomic E-state index is 0.0420. The van der Waals surface area contributed by atoms with E-state index in [0.717, 1.165) is 5.56 Å². The van der Waals surface area contributed by atoms with Crippen molar-refractivity contribution >= 4 is 21.9 Å². The zero-order chi connectivity index (χ0) is 28.8. The van der Waals surface area contributed by atoms with Crippen LogP contribution in [0.4, 0.5) is 0 Å². The number of benzene rings is 4. The fourth-order valence-electron chi connectivity index (χ4n) is 5.73. The SMILES string of the molecule is COC(=O)C1C(c2ccccc2)C(C(=O)NCCc2ccccc2)N(S(=O)(=O)c2ccccc2)C1c1ccccc1. The summed E-state index contributed by atoms with van der Waals surface area (Å²) in [5.74, 6) is -2.83. The van der Waals surface area contributed by atoms with Crippen LogP contribution in [0.2, 0.25) is 0 Å². The number of rotatable bonds is 9. The summed E-state index contributed by atoms with van der Waals surface area (Å²) < 4.78 is 35.4. The first-order valence-corrected chi connectivity index (χ1v) is 15.0. The lowest BCUT2D eigenvalue weighted by molar-refractivity contribution is -0.146. The van der Waals surface area contributed by atoms with Crippen LogP contribution in [0.1, 0.15) is 28.7 Å². The molecule has 1 saturated heterocycles. The molecule has 4 aromatic rings. The Labute approximate surface area is 240 Å².